The van der Waals surface area contributed by atoms with Crippen LogP contribution in [0.15, 0.2) is 28.8 Å². The Bertz CT molecular complexity index is 540. The van der Waals surface area contributed by atoms with Crippen molar-refractivity contribution >= 4 is 5.97 Å². The molecule has 1 aromatic heterocycles. The van der Waals surface area contributed by atoms with Gasteiger partial charge in [-0.3, -0.25) is 0 Å². The van der Waals surface area contributed by atoms with Crippen LogP contribution in [0.3, 0.4) is 0 Å². The monoisotopic (exact) mass is 231 g/mol. The van der Waals surface area contributed by atoms with E-state index in [1.54, 1.807) is 0 Å². The number of aromatic carboxylic acids is 1. The van der Waals surface area contributed by atoms with Crippen LogP contribution in [0.2, 0.25) is 0 Å². The Labute approximate surface area is 98.9 Å². The summed E-state index contributed by atoms with van der Waals surface area (Å²) in [5.41, 5.74) is 3.28. The Hall–Kier alpha value is -2.10. The maximum Gasteiger partial charge on any atom is 0.375 e. The number of carboxylic acids is 1. The van der Waals surface area contributed by atoms with E-state index in [0.29, 0.717) is 17.7 Å². The van der Waals surface area contributed by atoms with E-state index >= 15 is 0 Å². The SMILES string of the molecule is CCc1c(-c2ccc(C)cc2)noc1C(=O)O. The molecule has 1 heterocycles. The zero-order valence-electron chi connectivity index (χ0n) is 9.73. The van der Waals surface area contributed by atoms with Crippen LogP contribution < -0.4 is 0 Å². The molecule has 0 fully saturated rings. The number of hydrogen-bond acceptors (Lipinski definition) is 3. The smallest absolute Gasteiger partial charge is 0.375 e. The number of carboxylic acid groups (broad SMARTS) is 1. The van der Waals surface area contributed by atoms with Crippen LogP contribution in [0.5, 0.6) is 0 Å². The molecule has 4 nitrogen and oxygen atoms in total. The summed E-state index contributed by atoms with van der Waals surface area (Å²) in [4.78, 5) is 10.9. The van der Waals surface area contributed by atoms with Crippen LogP contribution in [-0.4, -0.2) is 16.2 Å². The van der Waals surface area contributed by atoms with E-state index in [1.807, 2.05) is 38.1 Å². The van der Waals surface area contributed by atoms with Gasteiger partial charge in [0.1, 0.15) is 5.69 Å². The number of carbonyl (C=O) groups is 1. The van der Waals surface area contributed by atoms with E-state index in [-0.39, 0.29) is 5.76 Å². The minimum Gasteiger partial charge on any atom is -0.475 e. The molecule has 0 unspecified atom stereocenters. The molecule has 0 bridgehead atoms. The highest BCUT2D eigenvalue weighted by molar-refractivity contribution is 5.88. The summed E-state index contributed by atoms with van der Waals surface area (Å²) in [6, 6.07) is 7.75. The lowest BCUT2D eigenvalue weighted by atomic mass is 10.0. The molecule has 0 aliphatic heterocycles. The Morgan fingerprint density at radius 1 is 1.35 bits per heavy atom. The van der Waals surface area contributed by atoms with Crippen molar-refractivity contribution in [2.45, 2.75) is 20.3 Å². The molecule has 0 aliphatic rings. The Kier molecular flexibility index (Phi) is 2.95. The predicted octanol–water partition coefficient (Wildman–Crippen LogP) is 2.91. The van der Waals surface area contributed by atoms with Crippen LogP contribution in [0, 0.1) is 6.92 Å². The minimum absolute atomic E-state index is 0.0666. The van der Waals surface area contributed by atoms with Gasteiger partial charge in [0.25, 0.3) is 0 Å². The van der Waals surface area contributed by atoms with E-state index in [9.17, 15) is 4.79 Å². The van der Waals surface area contributed by atoms with E-state index < -0.39 is 5.97 Å². The summed E-state index contributed by atoms with van der Waals surface area (Å²) in [7, 11) is 0. The average molecular weight is 231 g/mol. The maximum absolute atomic E-state index is 10.9. The van der Waals surface area contributed by atoms with Crippen LogP contribution in [0.1, 0.15) is 28.6 Å². The van der Waals surface area contributed by atoms with Crippen molar-refractivity contribution in [2.24, 2.45) is 0 Å². The van der Waals surface area contributed by atoms with Crippen molar-refractivity contribution in [1.29, 1.82) is 0 Å². The first-order valence-corrected chi connectivity index (χ1v) is 5.42. The molecule has 0 saturated carbocycles. The number of aromatic nitrogens is 1. The van der Waals surface area contributed by atoms with Crippen LogP contribution in [0.4, 0.5) is 0 Å². The summed E-state index contributed by atoms with van der Waals surface area (Å²) < 4.78 is 4.88. The lowest BCUT2D eigenvalue weighted by molar-refractivity contribution is 0.0650. The molecule has 4 heteroatoms. The third kappa shape index (κ3) is 2.06. The first-order valence-electron chi connectivity index (χ1n) is 5.42. The number of benzene rings is 1. The topological polar surface area (TPSA) is 63.3 Å². The largest absolute Gasteiger partial charge is 0.475 e. The Balaban J connectivity index is 2.52. The minimum atomic E-state index is -1.08. The second kappa shape index (κ2) is 4.41. The second-order valence-corrected chi connectivity index (χ2v) is 3.86. The zero-order valence-corrected chi connectivity index (χ0v) is 9.73. The van der Waals surface area contributed by atoms with Gasteiger partial charge in [0, 0.05) is 11.1 Å². The molecule has 1 N–H and O–H groups in total. The molecule has 0 atom stereocenters. The number of rotatable bonds is 3. The first kappa shape index (κ1) is 11.4. The van der Waals surface area contributed by atoms with E-state index in [4.69, 9.17) is 9.63 Å². The van der Waals surface area contributed by atoms with Crippen LogP contribution in [0.25, 0.3) is 11.3 Å². The fourth-order valence-corrected chi connectivity index (χ4v) is 1.74. The van der Waals surface area contributed by atoms with Gasteiger partial charge in [0.2, 0.25) is 5.76 Å². The van der Waals surface area contributed by atoms with Crippen molar-refractivity contribution in [3.05, 3.63) is 41.2 Å². The summed E-state index contributed by atoms with van der Waals surface area (Å²) in [5.74, 6) is -1.14. The van der Waals surface area contributed by atoms with Gasteiger partial charge in [0.05, 0.1) is 0 Å². The standard InChI is InChI=1S/C13H13NO3/c1-3-10-11(14-17-12(10)13(15)16)9-6-4-8(2)5-7-9/h4-7H,3H2,1-2H3,(H,15,16). The third-order valence-electron chi connectivity index (χ3n) is 2.66. The Morgan fingerprint density at radius 3 is 2.53 bits per heavy atom. The molecular formula is C13H13NO3. The quantitative estimate of drug-likeness (QED) is 0.882. The highest BCUT2D eigenvalue weighted by Gasteiger charge is 2.20. The molecule has 0 radical (unpaired) electrons. The van der Waals surface area contributed by atoms with E-state index in [2.05, 4.69) is 5.16 Å². The maximum atomic E-state index is 10.9. The van der Waals surface area contributed by atoms with Gasteiger partial charge in [-0.2, -0.15) is 0 Å². The predicted molar refractivity (Wildman–Crippen MR) is 63.0 cm³/mol. The lowest BCUT2D eigenvalue weighted by Crippen LogP contribution is -1.98. The van der Waals surface area contributed by atoms with Gasteiger partial charge in [-0.1, -0.05) is 41.9 Å². The van der Waals surface area contributed by atoms with E-state index in [1.165, 1.54) is 0 Å². The zero-order chi connectivity index (χ0) is 12.4. The summed E-state index contributed by atoms with van der Waals surface area (Å²) in [6.07, 6.45) is 0.578. The highest BCUT2D eigenvalue weighted by Crippen LogP contribution is 2.26. The highest BCUT2D eigenvalue weighted by atomic mass is 16.5. The molecule has 0 amide bonds. The molecule has 0 spiro atoms. The Morgan fingerprint density at radius 2 is 2.00 bits per heavy atom. The van der Waals surface area contributed by atoms with Gasteiger partial charge in [-0.05, 0) is 13.3 Å². The third-order valence-corrected chi connectivity index (χ3v) is 2.66. The van der Waals surface area contributed by atoms with Crippen molar-refractivity contribution in [3.63, 3.8) is 0 Å². The van der Waals surface area contributed by atoms with E-state index in [0.717, 1.165) is 11.1 Å². The second-order valence-electron chi connectivity index (χ2n) is 3.86. The summed E-state index contributed by atoms with van der Waals surface area (Å²) in [6.45, 7) is 3.88. The first-order chi connectivity index (χ1) is 8.13. The van der Waals surface area contributed by atoms with Crippen LogP contribution >= 0.6 is 0 Å². The summed E-state index contributed by atoms with van der Waals surface area (Å²) >= 11 is 0. The average Bonchev–Trinajstić information content (AvgIpc) is 2.73. The molecule has 0 saturated heterocycles. The molecule has 1 aromatic carbocycles. The molecule has 0 aliphatic carbocycles. The fourth-order valence-electron chi connectivity index (χ4n) is 1.74. The number of nitrogens with zero attached hydrogens (tertiary/aromatic N) is 1. The van der Waals surface area contributed by atoms with Gasteiger partial charge in [0.15, 0.2) is 0 Å². The van der Waals surface area contributed by atoms with Gasteiger partial charge in [-0.25, -0.2) is 4.79 Å². The lowest BCUT2D eigenvalue weighted by Gasteiger charge is -2.00. The number of aryl methyl sites for hydroxylation is 1. The van der Waals surface area contributed by atoms with Crippen LogP contribution in [-0.2, 0) is 6.42 Å². The summed E-state index contributed by atoms with van der Waals surface area (Å²) in [5, 5.41) is 12.8. The molecule has 88 valence electrons. The number of hydrogen-bond donors (Lipinski definition) is 1. The van der Waals surface area contributed by atoms with Gasteiger partial charge >= 0.3 is 5.97 Å². The van der Waals surface area contributed by atoms with Crippen molar-refractivity contribution in [1.82, 2.24) is 5.16 Å². The fraction of sp³-hybridized carbons (Fsp3) is 0.231. The molecule has 2 rings (SSSR count). The van der Waals surface area contributed by atoms with Gasteiger partial charge in [-0.15, -0.1) is 0 Å². The van der Waals surface area contributed by atoms with Crippen molar-refractivity contribution in [3.8, 4) is 11.3 Å². The normalized spacial score (nSPS) is 10.5. The molecule has 2 aromatic rings. The van der Waals surface area contributed by atoms with Gasteiger partial charge < -0.3 is 9.63 Å². The van der Waals surface area contributed by atoms with Crippen molar-refractivity contribution in [2.75, 3.05) is 0 Å². The molecular weight excluding hydrogens is 218 g/mol. The van der Waals surface area contributed by atoms with Crippen molar-refractivity contribution < 1.29 is 14.4 Å². The molecule has 17 heavy (non-hydrogen) atoms.